The molecule has 12 heavy (non-hydrogen) atoms. The summed E-state index contributed by atoms with van der Waals surface area (Å²) in [6.07, 6.45) is 4.24. The molecule has 0 aliphatic heterocycles. The zero-order chi connectivity index (χ0) is 9.03. The Balaban J connectivity index is 2.64. The molecule has 1 aromatic rings. The van der Waals surface area contributed by atoms with Gasteiger partial charge >= 0.3 is 0 Å². The van der Waals surface area contributed by atoms with E-state index in [9.17, 15) is 0 Å². The zero-order valence-corrected chi connectivity index (χ0v) is 7.62. The molecule has 0 aliphatic carbocycles. The summed E-state index contributed by atoms with van der Waals surface area (Å²) in [5.41, 5.74) is 6.80. The van der Waals surface area contributed by atoms with Gasteiger partial charge in [0.05, 0.1) is 0 Å². The fourth-order valence-electron chi connectivity index (χ4n) is 0.985. The Morgan fingerprint density at radius 3 is 2.75 bits per heavy atom. The van der Waals surface area contributed by atoms with Crippen LogP contribution in [0.3, 0.4) is 0 Å². The summed E-state index contributed by atoms with van der Waals surface area (Å²) in [7, 11) is 0. The van der Waals surface area contributed by atoms with Crippen LogP contribution in [0.2, 0.25) is 0 Å². The second kappa shape index (κ2) is 3.63. The van der Waals surface area contributed by atoms with E-state index in [-0.39, 0.29) is 5.41 Å². The average Bonchev–Trinajstić information content (AvgIpc) is 2.06. The smallest absolute Gasteiger partial charge is 0.115 e. The molecule has 0 amide bonds. The third-order valence-electron chi connectivity index (χ3n) is 1.86. The molecule has 0 bridgehead atoms. The molecule has 3 nitrogen and oxygen atoms in total. The van der Waals surface area contributed by atoms with Gasteiger partial charge in [0.1, 0.15) is 6.33 Å². The van der Waals surface area contributed by atoms with E-state index < -0.39 is 0 Å². The van der Waals surface area contributed by atoms with Gasteiger partial charge in [0.2, 0.25) is 0 Å². The van der Waals surface area contributed by atoms with Crippen LogP contribution in [0.1, 0.15) is 19.5 Å². The van der Waals surface area contributed by atoms with Crippen LogP contribution in [0.5, 0.6) is 0 Å². The Kier molecular flexibility index (Phi) is 2.76. The summed E-state index contributed by atoms with van der Waals surface area (Å²) >= 11 is 0. The lowest BCUT2D eigenvalue weighted by atomic mass is 9.88. The summed E-state index contributed by atoms with van der Waals surface area (Å²) in [4.78, 5) is 8.00. The van der Waals surface area contributed by atoms with Gasteiger partial charge in [0.25, 0.3) is 0 Å². The van der Waals surface area contributed by atoms with Gasteiger partial charge in [0.15, 0.2) is 0 Å². The first-order valence-electron chi connectivity index (χ1n) is 4.09. The lowest BCUT2D eigenvalue weighted by Crippen LogP contribution is -2.26. The van der Waals surface area contributed by atoms with E-state index in [1.165, 1.54) is 0 Å². The number of nitrogens with two attached hydrogens (primary N) is 1. The standard InChI is InChI=1S/C9H15N3/c1-9(2,6-10)5-8-3-4-11-7-12-8/h3-4,7H,5-6,10H2,1-2H3. The molecule has 1 rings (SSSR count). The zero-order valence-electron chi connectivity index (χ0n) is 7.62. The van der Waals surface area contributed by atoms with Crippen LogP contribution < -0.4 is 5.73 Å². The fourth-order valence-corrected chi connectivity index (χ4v) is 0.985. The van der Waals surface area contributed by atoms with Gasteiger partial charge in [-0.25, -0.2) is 9.97 Å². The van der Waals surface area contributed by atoms with Crippen molar-refractivity contribution in [2.75, 3.05) is 6.54 Å². The molecular formula is C9H15N3. The molecule has 0 saturated heterocycles. The summed E-state index contributed by atoms with van der Waals surface area (Å²) in [6.45, 7) is 4.95. The van der Waals surface area contributed by atoms with Gasteiger partial charge < -0.3 is 5.73 Å². The molecule has 0 atom stereocenters. The van der Waals surface area contributed by atoms with Crippen LogP contribution in [0.25, 0.3) is 0 Å². The minimum Gasteiger partial charge on any atom is -0.330 e. The van der Waals surface area contributed by atoms with Gasteiger partial charge in [-0.3, -0.25) is 0 Å². The molecule has 2 N–H and O–H groups in total. The molecule has 0 aromatic carbocycles. The van der Waals surface area contributed by atoms with Crippen molar-refractivity contribution >= 4 is 0 Å². The Morgan fingerprint density at radius 2 is 2.25 bits per heavy atom. The Hall–Kier alpha value is -0.960. The quantitative estimate of drug-likeness (QED) is 0.727. The molecule has 1 aromatic heterocycles. The molecule has 3 heteroatoms. The van der Waals surface area contributed by atoms with E-state index in [1.807, 2.05) is 6.07 Å². The highest BCUT2D eigenvalue weighted by Gasteiger charge is 2.16. The molecule has 66 valence electrons. The van der Waals surface area contributed by atoms with Gasteiger partial charge in [0, 0.05) is 11.9 Å². The largest absolute Gasteiger partial charge is 0.330 e. The summed E-state index contributed by atoms with van der Waals surface area (Å²) in [5.74, 6) is 0. The van der Waals surface area contributed by atoms with Crippen molar-refractivity contribution in [1.29, 1.82) is 0 Å². The minimum absolute atomic E-state index is 0.133. The monoisotopic (exact) mass is 165 g/mol. The maximum absolute atomic E-state index is 5.61. The summed E-state index contributed by atoms with van der Waals surface area (Å²) in [6, 6.07) is 1.93. The van der Waals surface area contributed by atoms with E-state index >= 15 is 0 Å². The third-order valence-corrected chi connectivity index (χ3v) is 1.86. The molecule has 0 fully saturated rings. The Morgan fingerprint density at radius 1 is 1.50 bits per heavy atom. The molecule has 0 spiro atoms. The second-order valence-corrected chi connectivity index (χ2v) is 3.75. The van der Waals surface area contributed by atoms with Crippen LogP contribution in [-0.2, 0) is 6.42 Å². The molecule has 0 aliphatic rings. The first kappa shape index (κ1) is 9.13. The number of aromatic nitrogens is 2. The fraction of sp³-hybridized carbons (Fsp3) is 0.556. The summed E-state index contributed by atoms with van der Waals surface area (Å²) in [5, 5.41) is 0. The lowest BCUT2D eigenvalue weighted by molar-refractivity contribution is 0.372. The summed E-state index contributed by atoms with van der Waals surface area (Å²) < 4.78 is 0. The van der Waals surface area contributed by atoms with Crippen molar-refractivity contribution in [3.05, 3.63) is 24.3 Å². The number of nitrogens with zero attached hydrogens (tertiary/aromatic N) is 2. The van der Waals surface area contributed by atoms with E-state index in [1.54, 1.807) is 12.5 Å². The maximum Gasteiger partial charge on any atom is 0.115 e. The topological polar surface area (TPSA) is 51.8 Å². The number of hydrogen-bond acceptors (Lipinski definition) is 3. The Bertz CT molecular complexity index is 231. The first-order chi connectivity index (χ1) is 5.64. The van der Waals surface area contributed by atoms with Crippen molar-refractivity contribution in [1.82, 2.24) is 9.97 Å². The van der Waals surface area contributed by atoms with E-state index in [4.69, 9.17) is 5.73 Å². The predicted octanol–water partition coefficient (Wildman–Crippen LogP) is 1.00. The first-order valence-corrected chi connectivity index (χ1v) is 4.09. The SMILES string of the molecule is CC(C)(CN)Cc1ccncn1. The highest BCUT2D eigenvalue weighted by molar-refractivity contribution is 5.01. The second-order valence-electron chi connectivity index (χ2n) is 3.75. The van der Waals surface area contributed by atoms with Crippen molar-refractivity contribution in [3.63, 3.8) is 0 Å². The molecular weight excluding hydrogens is 150 g/mol. The van der Waals surface area contributed by atoms with Crippen LogP contribution in [0.4, 0.5) is 0 Å². The lowest BCUT2D eigenvalue weighted by Gasteiger charge is -2.21. The Labute approximate surface area is 73.0 Å². The van der Waals surface area contributed by atoms with Gasteiger partial charge in [-0.1, -0.05) is 13.8 Å². The van der Waals surface area contributed by atoms with Crippen molar-refractivity contribution in [3.8, 4) is 0 Å². The van der Waals surface area contributed by atoms with Gasteiger partial charge in [-0.15, -0.1) is 0 Å². The predicted molar refractivity (Wildman–Crippen MR) is 48.6 cm³/mol. The van der Waals surface area contributed by atoms with Crippen molar-refractivity contribution in [2.45, 2.75) is 20.3 Å². The van der Waals surface area contributed by atoms with Gasteiger partial charge in [-0.05, 0) is 24.4 Å². The third kappa shape index (κ3) is 2.58. The average molecular weight is 165 g/mol. The maximum atomic E-state index is 5.61. The molecule has 0 unspecified atom stereocenters. The van der Waals surface area contributed by atoms with Crippen LogP contribution in [0, 0.1) is 5.41 Å². The van der Waals surface area contributed by atoms with Crippen LogP contribution >= 0.6 is 0 Å². The van der Waals surface area contributed by atoms with E-state index in [0.717, 1.165) is 12.1 Å². The highest BCUT2D eigenvalue weighted by Crippen LogP contribution is 2.17. The number of rotatable bonds is 3. The van der Waals surface area contributed by atoms with Crippen molar-refractivity contribution in [2.24, 2.45) is 11.1 Å². The molecule has 1 heterocycles. The van der Waals surface area contributed by atoms with Crippen LogP contribution in [0.15, 0.2) is 18.6 Å². The minimum atomic E-state index is 0.133. The van der Waals surface area contributed by atoms with Crippen molar-refractivity contribution < 1.29 is 0 Å². The highest BCUT2D eigenvalue weighted by atomic mass is 14.8. The normalized spacial score (nSPS) is 11.6. The number of hydrogen-bond donors (Lipinski definition) is 1. The van der Waals surface area contributed by atoms with E-state index in [0.29, 0.717) is 6.54 Å². The van der Waals surface area contributed by atoms with E-state index in [2.05, 4.69) is 23.8 Å². The van der Waals surface area contributed by atoms with Crippen LogP contribution in [-0.4, -0.2) is 16.5 Å². The van der Waals surface area contributed by atoms with Gasteiger partial charge in [-0.2, -0.15) is 0 Å². The molecule has 0 saturated carbocycles. The molecule has 0 radical (unpaired) electrons.